The van der Waals surface area contributed by atoms with Gasteiger partial charge in [-0.3, -0.25) is 4.99 Å². The van der Waals surface area contributed by atoms with Crippen molar-refractivity contribution in [2.75, 3.05) is 13.6 Å². The Morgan fingerprint density at radius 3 is 2.96 bits per heavy atom. The van der Waals surface area contributed by atoms with Crippen LogP contribution in [0.4, 0.5) is 0 Å². The third-order valence-electron chi connectivity index (χ3n) is 3.79. The average Bonchev–Trinajstić information content (AvgIpc) is 3.23. The molecule has 0 aliphatic heterocycles. The Hall–Kier alpha value is -2.83. The highest BCUT2D eigenvalue weighted by molar-refractivity contribution is 5.80. The molecule has 2 heterocycles. The molecule has 2 aromatic heterocycles. The van der Waals surface area contributed by atoms with Gasteiger partial charge < -0.3 is 19.6 Å². The van der Waals surface area contributed by atoms with Gasteiger partial charge in [-0.15, -0.1) is 10.2 Å². The van der Waals surface area contributed by atoms with Crippen LogP contribution in [-0.4, -0.2) is 34.3 Å². The van der Waals surface area contributed by atoms with Crippen molar-refractivity contribution in [2.45, 2.75) is 26.4 Å². The SMILES string of the molecule is CCc1nncn1CCNC(=NC)NCc1cc2ccccc2o1. The number of aryl methyl sites for hydroxylation is 1. The quantitative estimate of drug-likeness (QED) is 0.534. The molecule has 126 valence electrons. The van der Waals surface area contributed by atoms with Crippen LogP contribution in [0.3, 0.4) is 0 Å². The second-order valence-corrected chi connectivity index (χ2v) is 5.40. The topological polar surface area (TPSA) is 80.3 Å². The van der Waals surface area contributed by atoms with Crippen LogP contribution in [0.1, 0.15) is 18.5 Å². The molecule has 0 aliphatic carbocycles. The largest absolute Gasteiger partial charge is 0.459 e. The summed E-state index contributed by atoms with van der Waals surface area (Å²) in [6.45, 7) is 4.19. The number of rotatable bonds is 6. The summed E-state index contributed by atoms with van der Waals surface area (Å²) < 4.78 is 7.83. The number of para-hydroxylation sites is 1. The van der Waals surface area contributed by atoms with Gasteiger partial charge in [-0.1, -0.05) is 25.1 Å². The lowest BCUT2D eigenvalue weighted by Crippen LogP contribution is -2.38. The van der Waals surface area contributed by atoms with E-state index in [0.29, 0.717) is 6.54 Å². The highest BCUT2D eigenvalue weighted by atomic mass is 16.3. The zero-order chi connectivity index (χ0) is 16.8. The van der Waals surface area contributed by atoms with E-state index >= 15 is 0 Å². The fourth-order valence-corrected chi connectivity index (χ4v) is 2.55. The first-order valence-corrected chi connectivity index (χ1v) is 8.08. The van der Waals surface area contributed by atoms with Crippen LogP contribution in [0.2, 0.25) is 0 Å². The zero-order valence-corrected chi connectivity index (χ0v) is 14.0. The van der Waals surface area contributed by atoms with Crippen molar-refractivity contribution in [1.82, 2.24) is 25.4 Å². The van der Waals surface area contributed by atoms with E-state index in [2.05, 4.69) is 32.7 Å². The highest BCUT2D eigenvalue weighted by Crippen LogP contribution is 2.18. The Balaban J connectivity index is 1.50. The monoisotopic (exact) mass is 326 g/mol. The molecule has 7 nitrogen and oxygen atoms in total. The molecule has 3 aromatic rings. The van der Waals surface area contributed by atoms with Crippen molar-refractivity contribution >= 4 is 16.9 Å². The summed E-state index contributed by atoms with van der Waals surface area (Å²) in [7, 11) is 1.75. The van der Waals surface area contributed by atoms with E-state index in [9.17, 15) is 0 Å². The van der Waals surface area contributed by atoms with E-state index in [4.69, 9.17) is 4.42 Å². The molecule has 0 saturated heterocycles. The smallest absolute Gasteiger partial charge is 0.191 e. The number of hydrogen-bond acceptors (Lipinski definition) is 4. The summed E-state index contributed by atoms with van der Waals surface area (Å²) in [6, 6.07) is 10.0. The number of furan rings is 1. The molecule has 0 fully saturated rings. The lowest BCUT2D eigenvalue weighted by Gasteiger charge is -2.11. The van der Waals surface area contributed by atoms with Crippen molar-refractivity contribution in [3.8, 4) is 0 Å². The van der Waals surface area contributed by atoms with Crippen molar-refractivity contribution in [1.29, 1.82) is 0 Å². The Morgan fingerprint density at radius 2 is 2.17 bits per heavy atom. The third kappa shape index (κ3) is 3.73. The van der Waals surface area contributed by atoms with E-state index in [1.54, 1.807) is 13.4 Å². The Kier molecular flexibility index (Phi) is 5.10. The molecular weight excluding hydrogens is 304 g/mol. The molecule has 24 heavy (non-hydrogen) atoms. The number of benzene rings is 1. The lowest BCUT2D eigenvalue weighted by molar-refractivity contribution is 0.537. The zero-order valence-electron chi connectivity index (χ0n) is 14.0. The lowest BCUT2D eigenvalue weighted by atomic mass is 10.2. The van der Waals surface area contributed by atoms with Gasteiger partial charge in [0.25, 0.3) is 0 Å². The van der Waals surface area contributed by atoms with Gasteiger partial charge in [-0.05, 0) is 12.1 Å². The summed E-state index contributed by atoms with van der Waals surface area (Å²) in [5.41, 5.74) is 0.900. The van der Waals surface area contributed by atoms with Crippen LogP contribution in [0, 0.1) is 0 Å². The maximum atomic E-state index is 5.79. The van der Waals surface area contributed by atoms with Crippen molar-refractivity contribution in [3.63, 3.8) is 0 Å². The number of hydrogen-bond donors (Lipinski definition) is 2. The summed E-state index contributed by atoms with van der Waals surface area (Å²) in [5, 5.41) is 15.7. The van der Waals surface area contributed by atoms with Gasteiger partial charge in [-0.2, -0.15) is 0 Å². The molecule has 1 aromatic carbocycles. The maximum absolute atomic E-state index is 5.79. The summed E-state index contributed by atoms with van der Waals surface area (Å²) in [4.78, 5) is 4.23. The number of fused-ring (bicyclic) bond motifs is 1. The average molecular weight is 326 g/mol. The summed E-state index contributed by atoms with van der Waals surface area (Å²) in [6.07, 6.45) is 2.63. The van der Waals surface area contributed by atoms with Crippen LogP contribution in [0.15, 0.2) is 46.1 Å². The normalized spacial score (nSPS) is 11.8. The van der Waals surface area contributed by atoms with Gasteiger partial charge in [0.2, 0.25) is 0 Å². The number of nitrogens with one attached hydrogen (secondary N) is 2. The highest BCUT2D eigenvalue weighted by Gasteiger charge is 2.05. The predicted molar refractivity (Wildman–Crippen MR) is 93.8 cm³/mol. The van der Waals surface area contributed by atoms with Crippen molar-refractivity contribution in [2.24, 2.45) is 4.99 Å². The minimum Gasteiger partial charge on any atom is -0.459 e. The van der Waals surface area contributed by atoms with E-state index in [0.717, 1.165) is 48.0 Å². The Bertz CT molecular complexity index is 786. The molecule has 3 rings (SSSR count). The number of aromatic nitrogens is 3. The van der Waals surface area contributed by atoms with E-state index in [-0.39, 0.29) is 0 Å². The Labute approximate surface area is 140 Å². The fourth-order valence-electron chi connectivity index (χ4n) is 2.55. The van der Waals surface area contributed by atoms with Gasteiger partial charge in [0.1, 0.15) is 23.5 Å². The molecule has 0 bridgehead atoms. The molecule has 0 atom stereocenters. The van der Waals surface area contributed by atoms with Gasteiger partial charge >= 0.3 is 0 Å². The molecule has 7 heteroatoms. The van der Waals surface area contributed by atoms with Crippen molar-refractivity contribution < 1.29 is 4.42 Å². The van der Waals surface area contributed by atoms with E-state index in [1.165, 1.54) is 0 Å². The molecule has 0 spiro atoms. The summed E-state index contributed by atoms with van der Waals surface area (Å²) >= 11 is 0. The molecule has 0 aliphatic rings. The second kappa shape index (κ2) is 7.63. The first-order valence-electron chi connectivity index (χ1n) is 8.08. The van der Waals surface area contributed by atoms with Gasteiger partial charge in [0.15, 0.2) is 5.96 Å². The first-order chi connectivity index (χ1) is 11.8. The molecule has 2 N–H and O–H groups in total. The van der Waals surface area contributed by atoms with Crippen molar-refractivity contribution in [3.05, 3.63) is 48.2 Å². The minimum atomic E-state index is 0.585. The predicted octanol–water partition coefficient (Wildman–Crippen LogP) is 1.95. The maximum Gasteiger partial charge on any atom is 0.191 e. The molecular formula is C17H22N6O. The summed E-state index contributed by atoms with van der Waals surface area (Å²) in [5.74, 6) is 2.61. The van der Waals surface area contributed by atoms with Crippen LogP contribution in [-0.2, 0) is 19.5 Å². The standard InChI is InChI=1S/C17H22N6O/c1-3-16-22-21-12-23(16)9-8-19-17(18-2)20-11-14-10-13-6-4-5-7-15(13)24-14/h4-7,10,12H,3,8-9,11H2,1-2H3,(H2,18,19,20). The van der Waals surface area contributed by atoms with E-state index in [1.807, 2.05) is 34.9 Å². The number of guanidine groups is 1. The van der Waals surface area contributed by atoms with Crippen LogP contribution < -0.4 is 10.6 Å². The first kappa shape index (κ1) is 16.0. The minimum absolute atomic E-state index is 0.585. The molecule has 0 saturated carbocycles. The second-order valence-electron chi connectivity index (χ2n) is 5.40. The number of aliphatic imine (C=N–C) groups is 1. The van der Waals surface area contributed by atoms with Gasteiger partial charge in [0, 0.05) is 31.9 Å². The van der Waals surface area contributed by atoms with Crippen LogP contribution in [0.25, 0.3) is 11.0 Å². The molecule has 0 radical (unpaired) electrons. The van der Waals surface area contributed by atoms with E-state index < -0.39 is 0 Å². The van der Waals surface area contributed by atoms with Crippen LogP contribution in [0.5, 0.6) is 0 Å². The fraction of sp³-hybridized carbons (Fsp3) is 0.353. The van der Waals surface area contributed by atoms with Crippen LogP contribution >= 0.6 is 0 Å². The molecule has 0 unspecified atom stereocenters. The number of nitrogens with zero attached hydrogens (tertiary/aromatic N) is 4. The molecule has 0 amide bonds. The third-order valence-corrected chi connectivity index (χ3v) is 3.79. The Morgan fingerprint density at radius 1 is 1.29 bits per heavy atom. The van der Waals surface area contributed by atoms with Gasteiger partial charge in [-0.25, -0.2) is 0 Å². The van der Waals surface area contributed by atoms with Gasteiger partial charge in [0.05, 0.1) is 6.54 Å².